The van der Waals surface area contributed by atoms with Crippen LogP contribution in [-0.2, 0) is 11.2 Å². The van der Waals surface area contributed by atoms with Crippen LogP contribution in [-0.4, -0.2) is 27.0 Å². The van der Waals surface area contributed by atoms with Crippen LogP contribution in [0.5, 0.6) is 0 Å². The molecule has 0 bridgehead atoms. The van der Waals surface area contributed by atoms with E-state index in [1.807, 2.05) is 0 Å². The standard InChI is InChI=1S/C11H6F3N3O4/c12-11(13,14)8(18)5-9-15-10(16-21-9)6-3-1-2-4-7(6)17(19)20/h1-4H,5H2. The van der Waals surface area contributed by atoms with Gasteiger partial charge in [0, 0.05) is 6.07 Å². The Balaban J connectivity index is 2.29. The van der Waals surface area contributed by atoms with E-state index in [0.717, 1.165) is 0 Å². The minimum absolute atomic E-state index is 0.0167. The van der Waals surface area contributed by atoms with Crippen LogP contribution in [0.4, 0.5) is 18.9 Å². The van der Waals surface area contributed by atoms with Crippen LogP contribution in [0.3, 0.4) is 0 Å². The third-order valence-corrected chi connectivity index (χ3v) is 2.44. The minimum Gasteiger partial charge on any atom is -0.338 e. The number of carbonyl (C=O) groups excluding carboxylic acids is 1. The molecule has 0 aliphatic carbocycles. The summed E-state index contributed by atoms with van der Waals surface area (Å²) in [4.78, 5) is 24.5. The van der Waals surface area contributed by atoms with Gasteiger partial charge in [-0.2, -0.15) is 18.2 Å². The first-order valence-corrected chi connectivity index (χ1v) is 5.45. The molecular weight excluding hydrogens is 295 g/mol. The molecule has 110 valence electrons. The van der Waals surface area contributed by atoms with E-state index in [1.165, 1.54) is 24.3 Å². The normalized spacial score (nSPS) is 11.4. The van der Waals surface area contributed by atoms with Gasteiger partial charge < -0.3 is 4.52 Å². The molecule has 2 aromatic rings. The molecule has 0 saturated carbocycles. The van der Waals surface area contributed by atoms with Gasteiger partial charge >= 0.3 is 6.18 Å². The predicted octanol–water partition coefficient (Wildman–Crippen LogP) is 2.32. The highest BCUT2D eigenvalue weighted by Crippen LogP contribution is 2.27. The summed E-state index contributed by atoms with van der Waals surface area (Å²) in [6.45, 7) is 0. The summed E-state index contributed by atoms with van der Waals surface area (Å²) in [6.07, 6.45) is -6.12. The maximum Gasteiger partial charge on any atom is 0.450 e. The average Bonchev–Trinajstić information content (AvgIpc) is 2.86. The lowest BCUT2D eigenvalue weighted by Crippen LogP contribution is -2.24. The van der Waals surface area contributed by atoms with Gasteiger partial charge in [-0.15, -0.1) is 0 Å². The number of nitro groups is 1. The lowest BCUT2D eigenvalue weighted by atomic mass is 10.2. The number of benzene rings is 1. The second-order valence-corrected chi connectivity index (χ2v) is 3.88. The first-order chi connectivity index (χ1) is 9.79. The number of carbonyl (C=O) groups is 1. The van der Waals surface area contributed by atoms with E-state index < -0.39 is 29.2 Å². The fraction of sp³-hybridized carbons (Fsp3) is 0.182. The van der Waals surface area contributed by atoms with E-state index in [4.69, 9.17) is 0 Å². The number of alkyl halides is 3. The molecule has 1 aromatic heterocycles. The number of nitrogens with zero attached hydrogens (tertiary/aromatic N) is 3. The number of aromatic nitrogens is 2. The molecule has 0 aliphatic heterocycles. The van der Waals surface area contributed by atoms with Gasteiger partial charge in [-0.1, -0.05) is 17.3 Å². The maximum atomic E-state index is 12.1. The zero-order valence-corrected chi connectivity index (χ0v) is 10.1. The van der Waals surface area contributed by atoms with E-state index in [-0.39, 0.29) is 17.1 Å². The van der Waals surface area contributed by atoms with Gasteiger partial charge in [0.2, 0.25) is 17.5 Å². The van der Waals surface area contributed by atoms with Crippen LogP contribution in [0.25, 0.3) is 11.4 Å². The Morgan fingerprint density at radius 2 is 2.00 bits per heavy atom. The zero-order chi connectivity index (χ0) is 15.6. The van der Waals surface area contributed by atoms with Crippen molar-refractivity contribution in [1.29, 1.82) is 0 Å². The molecule has 0 fully saturated rings. The second-order valence-electron chi connectivity index (χ2n) is 3.88. The van der Waals surface area contributed by atoms with Gasteiger partial charge in [0.05, 0.1) is 11.3 Å². The highest BCUT2D eigenvalue weighted by atomic mass is 19.4. The highest BCUT2D eigenvalue weighted by Gasteiger charge is 2.39. The maximum absolute atomic E-state index is 12.1. The molecule has 0 aliphatic rings. The van der Waals surface area contributed by atoms with Gasteiger partial charge in [0.1, 0.15) is 5.56 Å². The van der Waals surface area contributed by atoms with Crippen molar-refractivity contribution in [2.45, 2.75) is 12.6 Å². The minimum atomic E-state index is -5.01. The monoisotopic (exact) mass is 301 g/mol. The lowest BCUT2D eigenvalue weighted by Gasteiger charge is -2.00. The van der Waals surface area contributed by atoms with Gasteiger partial charge in [-0.05, 0) is 6.07 Å². The molecule has 0 atom stereocenters. The van der Waals surface area contributed by atoms with Crippen molar-refractivity contribution in [3.05, 3.63) is 40.3 Å². The molecule has 21 heavy (non-hydrogen) atoms. The van der Waals surface area contributed by atoms with Crippen molar-refractivity contribution in [1.82, 2.24) is 10.1 Å². The summed E-state index contributed by atoms with van der Waals surface area (Å²) < 4.78 is 40.8. The van der Waals surface area contributed by atoms with Crippen molar-refractivity contribution < 1.29 is 27.4 Å². The summed E-state index contributed by atoms with van der Waals surface area (Å²) in [7, 11) is 0. The van der Waals surface area contributed by atoms with Crippen molar-refractivity contribution in [2.75, 3.05) is 0 Å². The number of hydrogen-bond donors (Lipinski definition) is 0. The van der Waals surface area contributed by atoms with E-state index in [0.29, 0.717) is 0 Å². The molecule has 0 amide bonds. The van der Waals surface area contributed by atoms with Crippen molar-refractivity contribution in [2.24, 2.45) is 0 Å². The summed E-state index contributed by atoms with van der Waals surface area (Å²) in [5.41, 5.74) is -0.344. The molecule has 1 heterocycles. The predicted molar refractivity (Wildman–Crippen MR) is 61.2 cm³/mol. The molecule has 0 unspecified atom stereocenters. The Labute approximate surface area is 114 Å². The topological polar surface area (TPSA) is 99.1 Å². The third-order valence-electron chi connectivity index (χ3n) is 2.44. The van der Waals surface area contributed by atoms with E-state index >= 15 is 0 Å². The van der Waals surface area contributed by atoms with E-state index in [9.17, 15) is 28.1 Å². The molecule has 7 nitrogen and oxygen atoms in total. The lowest BCUT2D eigenvalue weighted by molar-refractivity contribution is -0.384. The van der Waals surface area contributed by atoms with Crippen LogP contribution in [0.1, 0.15) is 5.89 Å². The van der Waals surface area contributed by atoms with Gasteiger partial charge in [0.25, 0.3) is 5.69 Å². The smallest absolute Gasteiger partial charge is 0.338 e. The highest BCUT2D eigenvalue weighted by molar-refractivity contribution is 5.85. The first-order valence-electron chi connectivity index (χ1n) is 5.45. The van der Waals surface area contributed by atoms with Crippen molar-refractivity contribution >= 4 is 11.5 Å². The molecular formula is C11H6F3N3O4. The average molecular weight is 301 g/mol. The fourth-order valence-electron chi connectivity index (χ4n) is 1.50. The Kier molecular flexibility index (Phi) is 3.70. The zero-order valence-electron chi connectivity index (χ0n) is 10.1. The van der Waals surface area contributed by atoms with Crippen LogP contribution < -0.4 is 0 Å². The summed E-state index contributed by atoms with van der Waals surface area (Å²) >= 11 is 0. The number of ketones is 1. The molecule has 0 saturated heterocycles. The van der Waals surface area contributed by atoms with E-state index in [2.05, 4.69) is 14.7 Å². The number of hydrogen-bond acceptors (Lipinski definition) is 6. The number of para-hydroxylation sites is 1. The van der Waals surface area contributed by atoms with Gasteiger partial charge in [-0.25, -0.2) is 0 Å². The Morgan fingerprint density at radius 1 is 1.33 bits per heavy atom. The van der Waals surface area contributed by atoms with Crippen molar-refractivity contribution in [3.63, 3.8) is 0 Å². The number of Topliss-reactive ketones (excluding diaryl/α,β-unsaturated/α-hetero) is 1. The first kappa shape index (κ1) is 14.6. The van der Waals surface area contributed by atoms with Gasteiger partial charge in [-0.3, -0.25) is 14.9 Å². The van der Waals surface area contributed by atoms with Crippen LogP contribution >= 0.6 is 0 Å². The summed E-state index contributed by atoms with van der Waals surface area (Å²) in [5, 5.41) is 14.2. The fourth-order valence-corrected chi connectivity index (χ4v) is 1.50. The molecule has 10 heteroatoms. The SMILES string of the molecule is O=C(Cc1nc(-c2ccccc2[N+](=O)[O-])no1)C(F)(F)F. The number of rotatable bonds is 4. The Bertz CT molecular complexity index is 696. The molecule has 0 radical (unpaired) electrons. The molecule has 0 spiro atoms. The largest absolute Gasteiger partial charge is 0.450 e. The molecule has 0 N–H and O–H groups in total. The van der Waals surface area contributed by atoms with Crippen LogP contribution in [0.2, 0.25) is 0 Å². The van der Waals surface area contributed by atoms with E-state index in [1.54, 1.807) is 0 Å². The molecule has 1 aromatic carbocycles. The van der Waals surface area contributed by atoms with Crippen molar-refractivity contribution in [3.8, 4) is 11.4 Å². The number of halogens is 3. The Morgan fingerprint density at radius 3 is 2.62 bits per heavy atom. The van der Waals surface area contributed by atoms with Gasteiger partial charge in [0.15, 0.2) is 0 Å². The molecule has 2 rings (SSSR count). The third kappa shape index (κ3) is 3.22. The summed E-state index contributed by atoms with van der Waals surface area (Å²) in [5.74, 6) is -2.86. The quantitative estimate of drug-likeness (QED) is 0.634. The summed E-state index contributed by atoms with van der Waals surface area (Å²) in [6, 6.07) is 5.39. The van der Waals surface area contributed by atoms with Crippen LogP contribution in [0, 0.1) is 10.1 Å². The Hall–Kier alpha value is -2.78. The van der Waals surface area contributed by atoms with Crippen LogP contribution in [0.15, 0.2) is 28.8 Å². The second kappa shape index (κ2) is 5.31. The number of nitro benzene ring substituents is 1.